The first-order valence-corrected chi connectivity index (χ1v) is 7.80. The molecule has 1 aromatic carbocycles. The number of piperazine rings is 1. The number of Topliss-reactive ketones (excluding diaryl/α,β-unsaturated/α-hetero) is 1. The van der Waals surface area contributed by atoms with Gasteiger partial charge < -0.3 is 10.2 Å². The molecule has 2 fully saturated rings. The van der Waals surface area contributed by atoms with E-state index in [1.807, 2.05) is 0 Å². The van der Waals surface area contributed by atoms with E-state index in [2.05, 4.69) is 42.3 Å². The first-order chi connectivity index (χ1) is 9.66. The average Bonchev–Trinajstić information content (AvgIpc) is 3.31. The summed E-state index contributed by atoms with van der Waals surface area (Å²) in [5.74, 6) is 1.12. The largest absolute Gasteiger partial charge is 0.368 e. The van der Waals surface area contributed by atoms with Crippen LogP contribution in [0, 0.1) is 5.92 Å². The number of anilines is 1. The number of rotatable bonds is 4. The zero-order valence-corrected chi connectivity index (χ0v) is 12.5. The molecule has 1 aliphatic heterocycles. The second-order valence-corrected chi connectivity index (χ2v) is 6.31. The number of nitrogens with zero attached hydrogens (tertiary/aromatic N) is 1. The maximum Gasteiger partial charge on any atom is 0.168 e. The highest BCUT2D eigenvalue weighted by molar-refractivity contribution is 6.04. The maximum atomic E-state index is 12.6. The SMILES string of the molecule is CC(C)c1ccc(N2CCNCC2)c(C(=O)C2CC2)c1. The van der Waals surface area contributed by atoms with Crippen LogP contribution in [0.25, 0.3) is 0 Å². The van der Waals surface area contributed by atoms with E-state index in [0.29, 0.717) is 17.6 Å². The van der Waals surface area contributed by atoms with E-state index in [-0.39, 0.29) is 0 Å². The molecule has 0 spiro atoms. The lowest BCUT2D eigenvalue weighted by atomic mass is 9.95. The molecule has 0 amide bonds. The van der Waals surface area contributed by atoms with Crippen LogP contribution in [-0.4, -0.2) is 32.0 Å². The monoisotopic (exact) mass is 272 g/mol. The fourth-order valence-corrected chi connectivity index (χ4v) is 2.86. The number of hydrogen-bond acceptors (Lipinski definition) is 3. The zero-order valence-electron chi connectivity index (χ0n) is 12.5. The Kier molecular flexibility index (Phi) is 3.79. The van der Waals surface area contributed by atoms with Gasteiger partial charge in [-0.25, -0.2) is 0 Å². The summed E-state index contributed by atoms with van der Waals surface area (Å²) in [5, 5.41) is 3.37. The van der Waals surface area contributed by atoms with E-state index < -0.39 is 0 Å². The Labute approximate surface area is 121 Å². The molecule has 3 heteroatoms. The molecular weight excluding hydrogens is 248 g/mol. The van der Waals surface area contributed by atoms with Crippen molar-refractivity contribution in [1.82, 2.24) is 5.32 Å². The average molecular weight is 272 g/mol. The smallest absolute Gasteiger partial charge is 0.168 e. The standard InChI is InChI=1S/C17H24N2O/c1-12(2)14-5-6-16(19-9-7-18-8-10-19)15(11-14)17(20)13-3-4-13/h5-6,11-13,18H,3-4,7-10H2,1-2H3. The number of ketones is 1. The molecule has 3 nitrogen and oxygen atoms in total. The van der Waals surface area contributed by atoms with Gasteiger partial charge in [0.25, 0.3) is 0 Å². The fourth-order valence-electron chi connectivity index (χ4n) is 2.86. The molecule has 3 rings (SSSR count). The van der Waals surface area contributed by atoms with E-state index in [0.717, 1.165) is 50.3 Å². The molecule has 0 aromatic heterocycles. The van der Waals surface area contributed by atoms with Gasteiger partial charge in [-0.1, -0.05) is 19.9 Å². The van der Waals surface area contributed by atoms with Crippen molar-refractivity contribution in [2.45, 2.75) is 32.6 Å². The van der Waals surface area contributed by atoms with Gasteiger partial charge in [0.15, 0.2) is 5.78 Å². The molecule has 108 valence electrons. The third kappa shape index (κ3) is 2.73. The minimum Gasteiger partial charge on any atom is -0.368 e. The summed E-state index contributed by atoms with van der Waals surface area (Å²) in [5.41, 5.74) is 3.38. The van der Waals surface area contributed by atoms with E-state index in [9.17, 15) is 4.79 Å². The molecule has 1 aliphatic carbocycles. The van der Waals surface area contributed by atoms with Gasteiger partial charge in [-0.05, 0) is 36.5 Å². The van der Waals surface area contributed by atoms with Gasteiger partial charge >= 0.3 is 0 Å². The summed E-state index contributed by atoms with van der Waals surface area (Å²) in [6, 6.07) is 6.49. The number of carbonyl (C=O) groups is 1. The predicted molar refractivity (Wildman–Crippen MR) is 82.7 cm³/mol. The molecule has 1 N–H and O–H groups in total. The number of benzene rings is 1. The Morgan fingerprint density at radius 2 is 1.95 bits per heavy atom. The first kappa shape index (κ1) is 13.6. The summed E-state index contributed by atoms with van der Waals surface area (Å²) in [7, 11) is 0. The second kappa shape index (κ2) is 5.57. The normalized spacial score (nSPS) is 19.4. The van der Waals surface area contributed by atoms with Crippen LogP contribution in [0.1, 0.15) is 48.5 Å². The lowest BCUT2D eigenvalue weighted by molar-refractivity contribution is 0.0968. The fraction of sp³-hybridized carbons (Fsp3) is 0.588. The summed E-state index contributed by atoms with van der Waals surface area (Å²) in [4.78, 5) is 15.0. The molecule has 0 radical (unpaired) electrons. The summed E-state index contributed by atoms with van der Waals surface area (Å²) in [6.45, 7) is 8.36. The Balaban J connectivity index is 1.96. The topological polar surface area (TPSA) is 32.3 Å². The van der Waals surface area contributed by atoms with Gasteiger partial charge in [-0.3, -0.25) is 4.79 Å². The highest BCUT2D eigenvalue weighted by Crippen LogP contribution is 2.36. The van der Waals surface area contributed by atoms with E-state index in [4.69, 9.17) is 0 Å². The number of carbonyl (C=O) groups excluding carboxylic acids is 1. The van der Waals surface area contributed by atoms with Gasteiger partial charge in [-0.15, -0.1) is 0 Å². The molecule has 1 saturated heterocycles. The maximum absolute atomic E-state index is 12.6. The quantitative estimate of drug-likeness (QED) is 0.855. The third-order valence-corrected chi connectivity index (χ3v) is 4.36. The van der Waals surface area contributed by atoms with Crippen molar-refractivity contribution >= 4 is 11.5 Å². The zero-order chi connectivity index (χ0) is 14.1. The second-order valence-electron chi connectivity index (χ2n) is 6.31. The van der Waals surface area contributed by atoms with Crippen molar-refractivity contribution < 1.29 is 4.79 Å². The molecule has 2 aliphatic rings. The van der Waals surface area contributed by atoms with Crippen LogP contribution >= 0.6 is 0 Å². The highest BCUT2D eigenvalue weighted by atomic mass is 16.1. The minimum absolute atomic E-state index is 0.291. The van der Waals surface area contributed by atoms with Crippen LogP contribution in [-0.2, 0) is 0 Å². The van der Waals surface area contributed by atoms with Crippen molar-refractivity contribution in [3.05, 3.63) is 29.3 Å². The Hall–Kier alpha value is -1.35. The molecule has 0 bridgehead atoms. The molecule has 0 unspecified atom stereocenters. The predicted octanol–water partition coefficient (Wildman–Crippen LogP) is 2.81. The minimum atomic E-state index is 0.291. The molecule has 1 heterocycles. The van der Waals surface area contributed by atoms with Gasteiger partial charge in [0.05, 0.1) is 0 Å². The van der Waals surface area contributed by atoms with Crippen molar-refractivity contribution in [2.24, 2.45) is 5.92 Å². The molecule has 0 atom stereocenters. The molecule has 20 heavy (non-hydrogen) atoms. The highest BCUT2D eigenvalue weighted by Gasteiger charge is 2.32. The van der Waals surface area contributed by atoms with E-state index in [1.54, 1.807) is 0 Å². The van der Waals surface area contributed by atoms with Crippen molar-refractivity contribution in [3.8, 4) is 0 Å². The Bertz CT molecular complexity index is 500. The molecular formula is C17H24N2O. The first-order valence-electron chi connectivity index (χ1n) is 7.80. The van der Waals surface area contributed by atoms with Gasteiger partial charge in [0.1, 0.15) is 0 Å². The van der Waals surface area contributed by atoms with Gasteiger partial charge in [-0.2, -0.15) is 0 Å². The molecule has 1 aromatic rings. The lowest BCUT2D eigenvalue weighted by Crippen LogP contribution is -2.44. The van der Waals surface area contributed by atoms with Gasteiger partial charge in [0, 0.05) is 43.3 Å². The van der Waals surface area contributed by atoms with Crippen LogP contribution in [0.15, 0.2) is 18.2 Å². The third-order valence-electron chi connectivity index (χ3n) is 4.36. The van der Waals surface area contributed by atoms with Crippen LogP contribution in [0.2, 0.25) is 0 Å². The summed E-state index contributed by atoms with van der Waals surface area (Å²) < 4.78 is 0. The van der Waals surface area contributed by atoms with Crippen LogP contribution < -0.4 is 10.2 Å². The molecule has 1 saturated carbocycles. The Morgan fingerprint density at radius 1 is 1.25 bits per heavy atom. The van der Waals surface area contributed by atoms with Crippen molar-refractivity contribution in [1.29, 1.82) is 0 Å². The Morgan fingerprint density at radius 3 is 2.55 bits per heavy atom. The lowest BCUT2D eigenvalue weighted by Gasteiger charge is -2.31. The van der Waals surface area contributed by atoms with E-state index >= 15 is 0 Å². The van der Waals surface area contributed by atoms with E-state index in [1.165, 1.54) is 5.56 Å². The van der Waals surface area contributed by atoms with Gasteiger partial charge in [0.2, 0.25) is 0 Å². The van der Waals surface area contributed by atoms with Crippen molar-refractivity contribution in [3.63, 3.8) is 0 Å². The number of hydrogen-bond donors (Lipinski definition) is 1. The van der Waals surface area contributed by atoms with Crippen LogP contribution in [0.5, 0.6) is 0 Å². The van der Waals surface area contributed by atoms with Crippen molar-refractivity contribution in [2.75, 3.05) is 31.1 Å². The summed E-state index contributed by atoms with van der Waals surface area (Å²) >= 11 is 0. The summed E-state index contributed by atoms with van der Waals surface area (Å²) in [6.07, 6.45) is 2.15. The van der Waals surface area contributed by atoms with Crippen LogP contribution in [0.3, 0.4) is 0 Å². The van der Waals surface area contributed by atoms with Crippen LogP contribution in [0.4, 0.5) is 5.69 Å². The number of nitrogens with one attached hydrogen (secondary N) is 1.